The molecule has 4 rings (SSSR count). The summed E-state index contributed by atoms with van der Waals surface area (Å²) >= 11 is 0. The molecule has 1 N–H and O–H groups in total. The number of urea groups is 1. The number of amides is 2. The quantitative estimate of drug-likeness (QED) is 0.703. The molecule has 2 aromatic carbocycles. The first-order valence-electron chi connectivity index (χ1n) is 9.03. The Morgan fingerprint density at radius 1 is 1.14 bits per heavy atom. The Hall–Kier alpha value is -3.43. The molecule has 1 aliphatic heterocycles. The van der Waals surface area contributed by atoms with Gasteiger partial charge in [0, 0.05) is 22.7 Å². The number of pyridine rings is 1. The Balaban J connectivity index is 1.73. The number of benzene rings is 2. The Kier molecular flexibility index (Phi) is 4.25. The molecule has 1 aliphatic rings. The van der Waals surface area contributed by atoms with Crippen LogP contribution in [0.25, 0.3) is 15.6 Å². The second-order valence-corrected chi connectivity index (χ2v) is 7.36. The summed E-state index contributed by atoms with van der Waals surface area (Å²) in [5, 5.41) is 11.9. The van der Waals surface area contributed by atoms with Gasteiger partial charge in [0.25, 0.3) is 0 Å². The van der Waals surface area contributed by atoms with Crippen LogP contribution in [0.1, 0.15) is 19.4 Å². The Morgan fingerprint density at radius 2 is 1.86 bits per heavy atom. The number of rotatable bonds is 3. The van der Waals surface area contributed by atoms with Crippen molar-refractivity contribution >= 4 is 28.2 Å². The summed E-state index contributed by atoms with van der Waals surface area (Å²) in [6, 6.07) is 14.7. The van der Waals surface area contributed by atoms with Crippen molar-refractivity contribution < 1.29 is 9.90 Å². The van der Waals surface area contributed by atoms with E-state index in [4.69, 9.17) is 6.57 Å². The highest BCUT2D eigenvalue weighted by Crippen LogP contribution is 2.34. The highest BCUT2D eigenvalue weighted by molar-refractivity contribution is 6.11. The summed E-state index contributed by atoms with van der Waals surface area (Å²) in [6.45, 7) is 11.3. The molecule has 0 saturated carbocycles. The Bertz CT molecular complexity index is 1070. The average Bonchev–Trinajstić information content (AvgIpc) is 3.03. The molecule has 0 unspecified atom stereocenters. The maximum Gasteiger partial charge on any atom is 0.335 e. The summed E-state index contributed by atoms with van der Waals surface area (Å²) in [6.07, 6.45) is 2.76. The van der Waals surface area contributed by atoms with Gasteiger partial charge in [-0.3, -0.25) is 14.7 Å². The van der Waals surface area contributed by atoms with E-state index >= 15 is 0 Å². The monoisotopic (exact) mass is 372 g/mol. The molecule has 28 heavy (non-hydrogen) atoms. The number of hydrogen-bond donors (Lipinski definition) is 1. The van der Waals surface area contributed by atoms with Gasteiger partial charge in [-0.25, -0.2) is 16.3 Å². The molecule has 1 atom stereocenters. The number of nitrogens with zero attached hydrogens (tertiary/aromatic N) is 4. The van der Waals surface area contributed by atoms with Crippen molar-refractivity contribution in [2.24, 2.45) is 0 Å². The van der Waals surface area contributed by atoms with Gasteiger partial charge in [-0.15, -0.1) is 0 Å². The van der Waals surface area contributed by atoms with Crippen LogP contribution in [0.2, 0.25) is 0 Å². The third kappa shape index (κ3) is 2.96. The minimum Gasteiger partial charge on any atom is -0.386 e. The van der Waals surface area contributed by atoms with Gasteiger partial charge in [0.05, 0.1) is 17.5 Å². The van der Waals surface area contributed by atoms with Crippen LogP contribution in [0.3, 0.4) is 0 Å². The van der Waals surface area contributed by atoms with E-state index in [9.17, 15) is 9.90 Å². The van der Waals surface area contributed by atoms with E-state index in [1.807, 2.05) is 24.3 Å². The number of carbonyl (C=O) groups is 1. The smallest absolute Gasteiger partial charge is 0.335 e. The van der Waals surface area contributed by atoms with Crippen molar-refractivity contribution in [2.45, 2.75) is 25.6 Å². The minimum atomic E-state index is -0.951. The first kappa shape index (κ1) is 18.0. The first-order valence-corrected chi connectivity index (χ1v) is 9.03. The van der Waals surface area contributed by atoms with Gasteiger partial charge in [0.2, 0.25) is 0 Å². The predicted octanol–water partition coefficient (Wildman–Crippen LogP) is 4.15. The third-order valence-electron chi connectivity index (χ3n) is 5.02. The maximum absolute atomic E-state index is 13.2. The largest absolute Gasteiger partial charge is 0.386 e. The normalized spacial score (nSPS) is 17.2. The second-order valence-electron chi connectivity index (χ2n) is 7.36. The number of fused-ring (bicyclic) bond motifs is 1. The molecule has 0 radical (unpaired) electrons. The van der Waals surface area contributed by atoms with Gasteiger partial charge in [-0.1, -0.05) is 36.4 Å². The van der Waals surface area contributed by atoms with Gasteiger partial charge >= 0.3 is 12.2 Å². The van der Waals surface area contributed by atoms with Gasteiger partial charge in [-0.2, -0.15) is 0 Å². The summed E-state index contributed by atoms with van der Waals surface area (Å²) in [4.78, 5) is 24.3. The lowest BCUT2D eigenvalue weighted by molar-refractivity contribution is 0.0786. The zero-order valence-corrected chi connectivity index (χ0v) is 15.7. The van der Waals surface area contributed by atoms with Crippen molar-refractivity contribution in [3.8, 4) is 0 Å². The van der Waals surface area contributed by atoms with E-state index in [1.54, 1.807) is 55.4 Å². The van der Waals surface area contributed by atoms with Crippen LogP contribution in [0.4, 0.5) is 16.2 Å². The van der Waals surface area contributed by atoms with Gasteiger partial charge in [-0.05, 0) is 31.5 Å². The van der Waals surface area contributed by atoms with Crippen molar-refractivity contribution in [3.63, 3.8) is 0 Å². The number of anilines is 2. The number of aromatic nitrogens is 1. The number of aliphatic hydroxyl groups is 1. The van der Waals surface area contributed by atoms with E-state index < -0.39 is 11.8 Å². The highest BCUT2D eigenvalue weighted by Gasteiger charge is 2.44. The summed E-state index contributed by atoms with van der Waals surface area (Å²) in [5.74, 6) is 0. The van der Waals surface area contributed by atoms with Crippen molar-refractivity contribution in [1.82, 2.24) is 4.98 Å². The molecule has 0 bridgehead atoms. The SMILES string of the molecule is [C-]#[N+][C@@H]1CN(c2ccc(C(C)(C)O)cc2)C(=O)N1c1cncc2ccccc12. The second kappa shape index (κ2) is 6.63. The lowest BCUT2D eigenvalue weighted by atomic mass is 9.98. The van der Waals surface area contributed by atoms with Crippen LogP contribution in [0, 0.1) is 6.57 Å². The predicted molar refractivity (Wildman–Crippen MR) is 109 cm³/mol. The van der Waals surface area contributed by atoms with Crippen LogP contribution in [0.15, 0.2) is 60.9 Å². The van der Waals surface area contributed by atoms with E-state index in [-0.39, 0.29) is 12.6 Å². The molecule has 6 nitrogen and oxygen atoms in total. The highest BCUT2D eigenvalue weighted by atomic mass is 16.3. The molecule has 0 aliphatic carbocycles. The minimum absolute atomic E-state index is 0.254. The lowest BCUT2D eigenvalue weighted by Crippen LogP contribution is -2.34. The van der Waals surface area contributed by atoms with Crippen LogP contribution in [-0.4, -0.2) is 28.8 Å². The summed E-state index contributed by atoms with van der Waals surface area (Å²) < 4.78 is 0. The van der Waals surface area contributed by atoms with Crippen LogP contribution in [0.5, 0.6) is 0 Å². The van der Waals surface area contributed by atoms with Gasteiger partial charge in [0.1, 0.15) is 6.54 Å². The fraction of sp³-hybridized carbons (Fsp3) is 0.227. The standard InChI is InChI=1S/C22H20N4O2/c1-22(2,28)16-8-10-17(11-9-16)25-14-20(23-3)26(21(25)27)19-13-24-12-15-6-4-5-7-18(15)19/h4-13,20,28H,14H2,1-2H3/t20-/m0/s1. The molecule has 1 aromatic heterocycles. The molecule has 2 amide bonds. The molecular formula is C22H20N4O2. The van der Waals surface area contributed by atoms with E-state index in [0.29, 0.717) is 11.4 Å². The molecule has 1 saturated heterocycles. The van der Waals surface area contributed by atoms with Crippen LogP contribution < -0.4 is 9.80 Å². The molecular weight excluding hydrogens is 352 g/mol. The molecule has 3 aromatic rings. The van der Waals surface area contributed by atoms with E-state index in [1.165, 1.54) is 4.90 Å². The third-order valence-corrected chi connectivity index (χ3v) is 5.02. The molecule has 0 spiro atoms. The average molecular weight is 372 g/mol. The number of hydrogen-bond acceptors (Lipinski definition) is 3. The molecule has 140 valence electrons. The van der Waals surface area contributed by atoms with Crippen molar-refractivity contribution in [1.29, 1.82) is 0 Å². The summed E-state index contributed by atoms with van der Waals surface area (Å²) in [7, 11) is 0. The molecule has 2 heterocycles. The van der Waals surface area contributed by atoms with E-state index in [0.717, 1.165) is 16.3 Å². The zero-order valence-electron chi connectivity index (χ0n) is 15.7. The fourth-order valence-electron chi connectivity index (χ4n) is 3.50. The Labute approximate surface area is 163 Å². The van der Waals surface area contributed by atoms with Crippen LogP contribution >= 0.6 is 0 Å². The molecule has 6 heteroatoms. The first-order chi connectivity index (χ1) is 13.4. The maximum atomic E-state index is 13.2. The molecule has 1 fully saturated rings. The fourth-order valence-corrected chi connectivity index (χ4v) is 3.50. The topological polar surface area (TPSA) is 61.0 Å². The zero-order chi connectivity index (χ0) is 19.9. The summed E-state index contributed by atoms with van der Waals surface area (Å²) in [5.41, 5.74) is 1.15. The van der Waals surface area contributed by atoms with Gasteiger partial charge in [0.15, 0.2) is 0 Å². The number of carbonyl (C=O) groups excluding carboxylic acids is 1. The van der Waals surface area contributed by atoms with Crippen molar-refractivity contribution in [2.75, 3.05) is 16.3 Å². The van der Waals surface area contributed by atoms with Gasteiger partial charge < -0.3 is 5.11 Å². The van der Waals surface area contributed by atoms with E-state index in [2.05, 4.69) is 9.83 Å². The Morgan fingerprint density at radius 3 is 2.54 bits per heavy atom. The van der Waals surface area contributed by atoms with Crippen LogP contribution in [-0.2, 0) is 5.60 Å². The van der Waals surface area contributed by atoms with Crippen molar-refractivity contribution in [3.05, 3.63) is 77.9 Å². The lowest BCUT2D eigenvalue weighted by Gasteiger charge is -2.21.